The third-order valence-electron chi connectivity index (χ3n) is 2.46. The quantitative estimate of drug-likeness (QED) is 0.935. The van der Waals surface area contributed by atoms with Gasteiger partial charge in [-0.1, -0.05) is 28.9 Å². The van der Waals surface area contributed by atoms with E-state index in [-0.39, 0.29) is 0 Å². The SMILES string of the molecule is CCCc1nc(-c2cc(Br)ccc2C)n[nH]1. The Morgan fingerprint density at radius 3 is 2.94 bits per heavy atom. The van der Waals surface area contributed by atoms with Crippen molar-refractivity contribution >= 4 is 15.9 Å². The van der Waals surface area contributed by atoms with Gasteiger partial charge in [0, 0.05) is 16.5 Å². The standard InChI is InChI=1S/C12H14BrN3/c1-3-4-11-14-12(16-15-11)10-7-9(13)6-5-8(10)2/h5-7H,3-4H2,1-2H3,(H,14,15,16). The summed E-state index contributed by atoms with van der Waals surface area (Å²) in [5, 5.41) is 7.23. The molecule has 4 heteroatoms. The van der Waals surface area contributed by atoms with Crippen LogP contribution in [0.25, 0.3) is 11.4 Å². The number of aromatic amines is 1. The summed E-state index contributed by atoms with van der Waals surface area (Å²) in [6.07, 6.45) is 2.02. The fourth-order valence-electron chi connectivity index (χ4n) is 1.60. The van der Waals surface area contributed by atoms with Crippen LogP contribution in [0.4, 0.5) is 0 Å². The van der Waals surface area contributed by atoms with Gasteiger partial charge in [0.05, 0.1) is 0 Å². The summed E-state index contributed by atoms with van der Waals surface area (Å²) in [4.78, 5) is 4.48. The van der Waals surface area contributed by atoms with E-state index >= 15 is 0 Å². The van der Waals surface area contributed by atoms with Crippen molar-refractivity contribution in [3.63, 3.8) is 0 Å². The number of hydrogen-bond donors (Lipinski definition) is 1. The molecule has 0 unspecified atom stereocenters. The highest BCUT2D eigenvalue weighted by atomic mass is 79.9. The first-order chi connectivity index (χ1) is 7.70. The van der Waals surface area contributed by atoms with Crippen LogP contribution in [-0.2, 0) is 6.42 Å². The van der Waals surface area contributed by atoms with Crippen LogP contribution in [0.5, 0.6) is 0 Å². The topological polar surface area (TPSA) is 41.6 Å². The molecule has 0 fully saturated rings. The Morgan fingerprint density at radius 1 is 1.38 bits per heavy atom. The number of aromatic nitrogens is 3. The Labute approximate surface area is 103 Å². The minimum absolute atomic E-state index is 0.780. The lowest BCUT2D eigenvalue weighted by molar-refractivity contribution is 0.841. The zero-order chi connectivity index (χ0) is 11.5. The number of H-pyrrole nitrogens is 1. The molecule has 0 spiro atoms. The Morgan fingerprint density at radius 2 is 2.19 bits per heavy atom. The van der Waals surface area contributed by atoms with E-state index in [0.29, 0.717) is 0 Å². The maximum atomic E-state index is 4.48. The van der Waals surface area contributed by atoms with Crippen molar-refractivity contribution in [2.75, 3.05) is 0 Å². The summed E-state index contributed by atoms with van der Waals surface area (Å²) in [6.45, 7) is 4.20. The molecule has 0 radical (unpaired) electrons. The molecule has 3 nitrogen and oxygen atoms in total. The summed E-state index contributed by atoms with van der Waals surface area (Å²) >= 11 is 3.47. The fourth-order valence-corrected chi connectivity index (χ4v) is 1.96. The minimum atomic E-state index is 0.780. The van der Waals surface area contributed by atoms with Gasteiger partial charge >= 0.3 is 0 Å². The molecule has 0 saturated heterocycles. The van der Waals surface area contributed by atoms with E-state index in [0.717, 1.165) is 34.5 Å². The number of rotatable bonds is 3. The summed E-state index contributed by atoms with van der Waals surface area (Å²) < 4.78 is 1.05. The molecule has 2 aromatic rings. The van der Waals surface area contributed by atoms with Gasteiger partial charge in [-0.3, -0.25) is 5.10 Å². The van der Waals surface area contributed by atoms with Gasteiger partial charge in [0.2, 0.25) is 0 Å². The molecular formula is C12H14BrN3. The van der Waals surface area contributed by atoms with Crippen molar-refractivity contribution in [1.29, 1.82) is 0 Å². The van der Waals surface area contributed by atoms with Crippen LogP contribution in [0.1, 0.15) is 24.7 Å². The largest absolute Gasteiger partial charge is 0.263 e. The van der Waals surface area contributed by atoms with Gasteiger partial charge < -0.3 is 0 Å². The zero-order valence-electron chi connectivity index (χ0n) is 9.42. The molecule has 1 heterocycles. The number of halogens is 1. The van der Waals surface area contributed by atoms with E-state index in [1.54, 1.807) is 0 Å². The van der Waals surface area contributed by atoms with Crippen molar-refractivity contribution in [2.45, 2.75) is 26.7 Å². The summed E-state index contributed by atoms with van der Waals surface area (Å²) in [5.74, 6) is 1.74. The maximum absolute atomic E-state index is 4.48. The molecule has 0 bridgehead atoms. The lowest BCUT2D eigenvalue weighted by atomic mass is 10.1. The number of hydrogen-bond acceptors (Lipinski definition) is 2. The normalized spacial score (nSPS) is 10.7. The Hall–Kier alpha value is -1.16. The fraction of sp³-hybridized carbons (Fsp3) is 0.333. The van der Waals surface area contributed by atoms with Crippen LogP contribution in [0, 0.1) is 6.92 Å². The van der Waals surface area contributed by atoms with Crippen molar-refractivity contribution in [3.05, 3.63) is 34.1 Å². The Kier molecular flexibility index (Phi) is 3.39. The van der Waals surface area contributed by atoms with Crippen molar-refractivity contribution in [1.82, 2.24) is 15.2 Å². The van der Waals surface area contributed by atoms with Crippen LogP contribution in [0.15, 0.2) is 22.7 Å². The molecule has 0 atom stereocenters. The molecule has 0 aliphatic heterocycles. The van der Waals surface area contributed by atoms with E-state index in [4.69, 9.17) is 0 Å². The lowest BCUT2D eigenvalue weighted by Gasteiger charge is -2.01. The average molecular weight is 280 g/mol. The third kappa shape index (κ3) is 2.32. The smallest absolute Gasteiger partial charge is 0.181 e. The number of aryl methyl sites for hydroxylation is 2. The monoisotopic (exact) mass is 279 g/mol. The molecular weight excluding hydrogens is 266 g/mol. The second kappa shape index (κ2) is 4.78. The van der Waals surface area contributed by atoms with E-state index in [2.05, 4.69) is 51.0 Å². The summed E-state index contributed by atoms with van der Waals surface area (Å²) in [7, 11) is 0. The van der Waals surface area contributed by atoms with Gasteiger partial charge in [0.1, 0.15) is 5.82 Å². The number of benzene rings is 1. The second-order valence-electron chi connectivity index (χ2n) is 3.81. The first kappa shape index (κ1) is 11.3. The number of nitrogens with one attached hydrogen (secondary N) is 1. The van der Waals surface area contributed by atoms with Crippen LogP contribution in [0.3, 0.4) is 0 Å². The first-order valence-corrected chi connectivity index (χ1v) is 6.18. The van der Waals surface area contributed by atoms with Crippen LogP contribution in [0.2, 0.25) is 0 Å². The zero-order valence-corrected chi connectivity index (χ0v) is 11.0. The molecule has 2 rings (SSSR count). The minimum Gasteiger partial charge on any atom is -0.263 e. The van der Waals surface area contributed by atoms with Crippen LogP contribution in [-0.4, -0.2) is 15.2 Å². The van der Waals surface area contributed by atoms with Gasteiger partial charge in [-0.05, 0) is 31.0 Å². The Bertz CT molecular complexity index is 491. The molecule has 16 heavy (non-hydrogen) atoms. The predicted molar refractivity (Wildman–Crippen MR) is 68.3 cm³/mol. The summed E-state index contributed by atoms with van der Waals surface area (Å²) in [5.41, 5.74) is 2.26. The van der Waals surface area contributed by atoms with Crippen molar-refractivity contribution < 1.29 is 0 Å². The van der Waals surface area contributed by atoms with E-state index in [1.807, 2.05) is 12.1 Å². The first-order valence-electron chi connectivity index (χ1n) is 5.38. The molecule has 1 N–H and O–H groups in total. The molecule has 0 aliphatic carbocycles. The highest BCUT2D eigenvalue weighted by molar-refractivity contribution is 9.10. The molecule has 1 aromatic carbocycles. The van der Waals surface area contributed by atoms with E-state index in [1.165, 1.54) is 5.56 Å². The van der Waals surface area contributed by atoms with E-state index < -0.39 is 0 Å². The maximum Gasteiger partial charge on any atom is 0.181 e. The molecule has 0 amide bonds. The van der Waals surface area contributed by atoms with Gasteiger partial charge in [-0.15, -0.1) is 0 Å². The summed E-state index contributed by atoms with van der Waals surface area (Å²) in [6, 6.07) is 6.14. The molecule has 84 valence electrons. The van der Waals surface area contributed by atoms with E-state index in [9.17, 15) is 0 Å². The molecule has 1 aromatic heterocycles. The highest BCUT2D eigenvalue weighted by Gasteiger charge is 2.08. The highest BCUT2D eigenvalue weighted by Crippen LogP contribution is 2.23. The number of nitrogens with zero attached hydrogens (tertiary/aromatic N) is 2. The van der Waals surface area contributed by atoms with Gasteiger partial charge in [-0.25, -0.2) is 4.98 Å². The van der Waals surface area contributed by atoms with Gasteiger partial charge in [-0.2, -0.15) is 5.10 Å². The van der Waals surface area contributed by atoms with Gasteiger partial charge in [0.15, 0.2) is 5.82 Å². The van der Waals surface area contributed by atoms with Crippen LogP contribution >= 0.6 is 15.9 Å². The lowest BCUT2D eigenvalue weighted by Crippen LogP contribution is -1.87. The van der Waals surface area contributed by atoms with Gasteiger partial charge in [0.25, 0.3) is 0 Å². The second-order valence-corrected chi connectivity index (χ2v) is 4.73. The van der Waals surface area contributed by atoms with Crippen LogP contribution < -0.4 is 0 Å². The Balaban J connectivity index is 2.38. The average Bonchev–Trinajstić information content (AvgIpc) is 2.71. The molecule has 0 aliphatic rings. The third-order valence-corrected chi connectivity index (χ3v) is 2.95. The molecule has 0 saturated carbocycles. The van der Waals surface area contributed by atoms with Crippen molar-refractivity contribution in [2.24, 2.45) is 0 Å². The predicted octanol–water partition coefficient (Wildman–Crippen LogP) is 3.50. The van der Waals surface area contributed by atoms with Crippen molar-refractivity contribution in [3.8, 4) is 11.4 Å².